The molecule has 194 valence electrons. The maximum atomic E-state index is 13.8. The Labute approximate surface area is 225 Å². The lowest BCUT2D eigenvalue weighted by Crippen LogP contribution is -2.31. The van der Waals surface area contributed by atoms with E-state index in [4.69, 9.17) is 35.9 Å². The topological polar surface area (TPSA) is 99.5 Å². The van der Waals surface area contributed by atoms with Gasteiger partial charge in [0.15, 0.2) is 17.3 Å². The second-order valence-electron chi connectivity index (χ2n) is 8.52. The van der Waals surface area contributed by atoms with Crippen LogP contribution in [0.15, 0.2) is 78.0 Å². The quantitative estimate of drug-likeness (QED) is 0.322. The number of anilines is 2. The minimum atomic E-state index is -0.635. The highest BCUT2D eigenvalue weighted by molar-refractivity contribution is 6.33. The van der Waals surface area contributed by atoms with Gasteiger partial charge in [-0.3, -0.25) is 4.79 Å². The fourth-order valence-electron chi connectivity index (χ4n) is 4.47. The number of allylic oxidation sites excluding steroid dienone is 1. The van der Waals surface area contributed by atoms with E-state index in [0.717, 1.165) is 5.56 Å². The SMILES string of the molecule is COc1ccccc1NC(=O)C1=C(C)Nc2nc(-c3ccccc3Cl)nn2C1c1ccc(OC)c(OC)c1. The zero-order valence-corrected chi connectivity index (χ0v) is 22.0. The van der Waals surface area contributed by atoms with Gasteiger partial charge < -0.3 is 24.8 Å². The molecule has 0 radical (unpaired) electrons. The number of carbonyl (C=O) groups is 1. The summed E-state index contributed by atoms with van der Waals surface area (Å²) in [6.07, 6.45) is 0. The van der Waals surface area contributed by atoms with E-state index in [-0.39, 0.29) is 5.91 Å². The third-order valence-corrected chi connectivity index (χ3v) is 6.62. The summed E-state index contributed by atoms with van der Waals surface area (Å²) in [5.74, 6) is 2.24. The summed E-state index contributed by atoms with van der Waals surface area (Å²) in [6, 6.07) is 19.5. The summed E-state index contributed by atoms with van der Waals surface area (Å²) in [5.41, 5.74) is 3.06. The lowest BCUT2D eigenvalue weighted by molar-refractivity contribution is -0.113. The number of halogens is 1. The van der Waals surface area contributed by atoms with Crippen molar-refractivity contribution in [2.24, 2.45) is 0 Å². The number of ether oxygens (including phenoxy) is 3. The number of rotatable bonds is 7. The Kier molecular flexibility index (Phi) is 6.93. The van der Waals surface area contributed by atoms with Gasteiger partial charge in [0.1, 0.15) is 11.8 Å². The van der Waals surface area contributed by atoms with Gasteiger partial charge in [-0.05, 0) is 48.9 Å². The van der Waals surface area contributed by atoms with Crippen LogP contribution in [0.4, 0.5) is 11.6 Å². The fraction of sp³-hybridized carbons (Fsp3) is 0.179. The number of nitrogens with zero attached hydrogens (tertiary/aromatic N) is 3. The standard InChI is InChI=1S/C28H26ClN5O4/c1-16-24(27(35)31-20-11-7-8-12-21(20)36-2)25(17-13-14-22(37-3)23(15-17)38-4)34-28(30-16)32-26(33-34)18-9-5-6-10-19(18)29/h5-15,25H,1-4H3,(H,31,35)(H,30,32,33). The lowest BCUT2D eigenvalue weighted by Gasteiger charge is -2.29. The van der Waals surface area contributed by atoms with E-state index in [1.165, 1.54) is 0 Å². The molecule has 1 aromatic heterocycles. The summed E-state index contributed by atoms with van der Waals surface area (Å²) >= 11 is 6.45. The normalized spacial score (nSPS) is 14.4. The van der Waals surface area contributed by atoms with Crippen molar-refractivity contribution in [1.82, 2.24) is 14.8 Å². The van der Waals surface area contributed by atoms with Crippen LogP contribution in [-0.4, -0.2) is 42.0 Å². The molecular formula is C28H26ClN5O4. The number of hydrogen-bond donors (Lipinski definition) is 2. The second-order valence-corrected chi connectivity index (χ2v) is 8.93. The molecule has 2 heterocycles. The Balaban J connectivity index is 1.65. The molecule has 1 aliphatic rings. The largest absolute Gasteiger partial charge is 0.495 e. The minimum absolute atomic E-state index is 0.320. The molecule has 0 bridgehead atoms. The predicted octanol–water partition coefficient (Wildman–Crippen LogP) is 5.55. The highest BCUT2D eigenvalue weighted by atomic mass is 35.5. The molecule has 10 heteroatoms. The van der Waals surface area contributed by atoms with Crippen molar-refractivity contribution >= 4 is 29.1 Å². The number of para-hydroxylation sites is 2. The first-order valence-electron chi connectivity index (χ1n) is 11.8. The van der Waals surface area contributed by atoms with Crippen molar-refractivity contribution in [1.29, 1.82) is 0 Å². The molecule has 38 heavy (non-hydrogen) atoms. The number of aromatic nitrogens is 3. The number of nitrogens with one attached hydrogen (secondary N) is 2. The van der Waals surface area contributed by atoms with Crippen LogP contribution in [0.25, 0.3) is 11.4 Å². The number of hydrogen-bond acceptors (Lipinski definition) is 7. The Morgan fingerprint density at radius 1 is 0.947 bits per heavy atom. The summed E-state index contributed by atoms with van der Waals surface area (Å²) in [7, 11) is 4.70. The van der Waals surface area contributed by atoms with Crippen molar-refractivity contribution in [3.8, 4) is 28.6 Å². The zero-order valence-electron chi connectivity index (χ0n) is 21.3. The monoisotopic (exact) mass is 531 g/mol. The molecule has 9 nitrogen and oxygen atoms in total. The highest BCUT2D eigenvalue weighted by Crippen LogP contribution is 2.40. The Hall–Kier alpha value is -4.50. The van der Waals surface area contributed by atoms with E-state index in [1.807, 2.05) is 49.4 Å². The summed E-state index contributed by atoms with van der Waals surface area (Å²) in [6.45, 7) is 1.83. The molecule has 1 atom stereocenters. The molecule has 0 spiro atoms. The molecule has 0 saturated carbocycles. The van der Waals surface area contributed by atoms with Crippen molar-refractivity contribution in [3.63, 3.8) is 0 Å². The van der Waals surface area contributed by atoms with Crippen LogP contribution in [0.5, 0.6) is 17.2 Å². The Bertz CT molecular complexity index is 1550. The number of benzene rings is 3. The molecule has 0 fully saturated rings. The molecule has 4 aromatic rings. The number of methoxy groups -OCH3 is 3. The van der Waals surface area contributed by atoms with Crippen LogP contribution < -0.4 is 24.8 Å². The van der Waals surface area contributed by atoms with Gasteiger partial charge in [-0.2, -0.15) is 4.98 Å². The van der Waals surface area contributed by atoms with E-state index in [2.05, 4.69) is 10.6 Å². The number of fused-ring (bicyclic) bond motifs is 1. The van der Waals surface area contributed by atoms with Gasteiger partial charge in [0, 0.05) is 11.3 Å². The average Bonchev–Trinajstić information content (AvgIpc) is 3.35. The zero-order chi connectivity index (χ0) is 26.8. The van der Waals surface area contributed by atoms with E-state index in [9.17, 15) is 4.79 Å². The molecular weight excluding hydrogens is 506 g/mol. The lowest BCUT2D eigenvalue weighted by atomic mass is 9.94. The molecule has 5 rings (SSSR count). The van der Waals surface area contributed by atoms with Crippen LogP contribution in [0.2, 0.25) is 5.02 Å². The summed E-state index contributed by atoms with van der Waals surface area (Å²) in [4.78, 5) is 18.5. The average molecular weight is 532 g/mol. The van der Waals surface area contributed by atoms with E-state index >= 15 is 0 Å². The van der Waals surface area contributed by atoms with Crippen molar-refractivity contribution in [2.75, 3.05) is 32.0 Å². The summed E-state index contributed by atoms with van der Waals surface area (Å²) in [5, 5.41) is 11.6. The van der Waals surface area contributed by atoms with Crippen LogP contribution in [0, 0.1) is 0 Å². The Morgan fingerprint density at radius 2 is 1.66 bits per heavy atom. The van der Waals surface area contributed by atoms with E-state index in [0.29, 0.717) is 56.6 Å². The van der Waals surface area contributed by atoms with Crippen LogP contribution in [0.1, 0.15) is 18.5 Å². The van der Waals surface area contributed by atoms with Crippen molar-refractivity contribution < 1.29 is 19.0 Å². The van der Waals surface area contributed by atoms with Crippen molar-refractivity contribution in [2.45, 2.75) is 13.0 Å². The van der Waals surface area contributed by atoms with Gasteiger partial charge >= 0.3 is 0 Å². The molecule has 0 saturated heterocycles. The molecule has 1 unspecified atom stereocenters. The first kappa shape index (κ1) is 25.2. The van der Waals surface area contributed by atoms with Gasteiger partial charge in [0.25, 0.3) is 5.91 Å². The van der Waals surface area contributed by atoms with Gasteiger partial charge in [0.2, 0.25) is 5.95 Å². The van der Waals surface area contributed by atoms with Gasteiger partial charge in [-0.25, -0.2) is 4.68 Å². The van der Waals surface area contributed by atoms with E-state index in [1.54, 1.807) is 50.3 Å². The van der Waals surface area contributed by atoms with Gasteiger partial charge in [-0.15, -0.1) is 5.10 Å². The Morgan fingerprint density at radius 3 is 2.39 bits per heavy atom. The van der Waals surface area contributed by atoms with Crippen LogP contribution in [0.3, 0.4) is 0 Å². The smallest absolute Gasteiger partial charge is 0.255 e. The predicted molar refractivity (Wildman–Crippen MR) is 146 cm³/mol. The number of amides is 1. The third kappa shape index (κ3) is 4.52. The third-order valence-electron chi connectivity index (χ3n) is 6.29. The molecule has 1 aliphatic heterocycles. The van der Waals surface area contributed by atoms with Gasteiger partial charge in [0.05, 0.1) is 37.6 Å². The maximum absolute atomic E-state index is 13.8. The molecule has 0 aliphatic carbocycles. The molecule has 1 amide bonds. The van der Waals surface area contributed by atoms with Crippen molar-refractivity contribution in [3.05, 3.63) is 88.6 Å². The maximum Gasteiger partial charge on any atom is 0.255 e. The van der Waals surface area contributed by atoms with Crippen LogP contribution in [-0.2, 0) is 4.79 Å². The second kappa shape index (κ2) is 10.5. The molecule has 3 aromatic carbocycles. The first-order valence-corrected chi connectivity index (χ1v) is 12.2. The fourth-order valence-corrected chi connectivity index (χ4v) is 4.69. The number of carbonyl (C=O) groups excluding carboxylic acids is 1. The van der Waals surface area contributed by atoms with E-state index < -0.39 is 6.04 Å². The first-order chi connectivity index (χ1) is 18.4. The molecule has 2 N–H and O–H groups in total. The van der Waals surface area contributed by atoms with Gasteiger partial charge in [-0.1, -0.05) is 41.9 Å². The minimum Gasteiger partial charge on any atom is -0.495 e. The highest BCUT2D eigenvalue weighted by Gasteiger charge is 2.35. The van der Waals surface area contributed by atoms with Crippen LogP contribution >= 0.6 is 11.6 Å². The summed E-state index contributed by atoms with van der Waals surface area (Å²) < 4.78 is 18.1.